The molecular weight excluding hydrogens is 371 g/mol. The summed E-state index contributed by atoms with van der Waals surface area (Å²) in [6.45, 7) is 5.55. The number of benzene rings is 1. The molecule has 0 amide bonds. The van der Waals surface area contributed by atoms with Crippen molar-refractivity contribution in [3.63, 3.8) is 0 Å². The summed E-state index contributed by atoms with van der Waals surface area (Å²) in [5.41, 5.74) is 0.692. The van der Waals surface area contributed by atoms with Gasteiger partial charge in [0.15, 0.2) is 0 Å². The first kappa shape index (κ1) is 19.1. The highest BCUT2D eigenvalue weighted by atomic mass is 79.9. The van der Waals surface area contributed by atoms with Gasteiger partial charge in [-0.3, -0.25) is 4.57 Å². The van der Waals surface area contributed by atoms with E-state index in [0.717, 1.165) is 4.47 Å². The Labute approximate surface area is 139 Å². The molecule has 0 saturated carbocycles. The van der Waals surface area contributed by atoms with E-state index in [2.05, 4.69) is 15.9 Å². The van der Waals surface area contributed by atoms with E-state index in [-0.39, 0.29) is 25.1 Å². The summed E-state index contributed by atoms with van der Waals surface area (Å²) in [6, 6.07) is 7.24. The zero-order valence-electron chi connectivity index (χ0n) is 12.9. The van der Waals surface area contributed by atoms with E-state index in [9.17, 15) is 9.36 Å². The summed E-state index contributed by atoms with van der Waals surface area (Å²) < 4.78 is 29.2. The lowest BCUT2D eigenvalue weighted by atomic mass is 10.2. The maximum atomic E-state index is 12.9. The van der Waals surface area contributed by atoms with E-state index in [1.54, 1.807) is 32.9 Å². The minimum atomic E-state index is -3.72. The Morgan fingerprint density at radius 3 is 2.32 bits per heavy atom. The van der Waals surface area contributed by atoms with Gasteiger partial charge in [-0.1, -0.05) is 28.1 Å². The highest BCUT2D eigenvalue weighted by molar-refractivity contribution is 9.10. The fourth-order valence-electron chi connectivity index (χ4n) is 1.73. The number of halogens is 1. The summed E-state index contributed by atoms with van der Waals surface area (Å²) in [5, 5.41) is -0.101. The average molecular weight is 391 g/mol. The predicted octanol–water partition coefficient (Wildman–Crippen LogP) is 4.62. The summed E-state index contributed by atoms with van der Waals surface area (Å²) >= 11 is 3.35. The van der Waals surface area contributed by atoms with Crippen LogP contribution in [0.3, 0.4) is 0 Å². The van der Waals surface area contributed by atoms with Crippen LogP contribution in [0.1, 0.15) is 26.3 Å². The summed E-state index contributed by atoms with van der Waals surface area (Å²) in [5.74, 6) is -0.701. The van der Waals surface area contributed by atoms with Crippen molar-refractivity contribution < 1.29 is 23.1 Å². The maximum absolute atomic E-state index is 12.9. The molecule has 0 spiro atoms. The molecule has 0 aliphatic heterocycles. The third-order valence-corrected chi connectivity index (χ3v) is 5.12. The normalized spacial score (nSPS) is 12.3. The highest BCUT2D eigenvalue weighted by Gasteiger charge is 2.36. The summed E-state index contributed by atoms with van der Waals surface area (Å²) in [6.07, 6.45) is 1.48. The Bertz CT molecular complexity index is 575. The molecule has 22 heavy (non-hydrogen) atoms. The third-order valence-electron chi connectivity index (χ3n) is 2.53. The van der Waals surface area contributed by atoms with Crippen LogP contribution in [-0.2, 0) is 23.1 Å². The molecule has 5 nitrogen and oxygen atoms in total. The SMILES string of the molecule is CCOC(=O)/C(=C\c1cccc(Br)c1)P(=O)(OCC)OCC. The van der Waals surface area contributed by atoms with Gasteiger partial charge in [0.25, 0.3) is 0 Å². The minimum Gasteiger partial charge on any atom is -0.462 e. The number of carbonyl (C=O) groups excluding carboxylic acids is 1. The molecule has 1 rings (SSSR count). The topological polar surface area (TPSA) is 61.8 Å². The van der Waals surface area contributed by atoms with Crippen molar-refractivity contribution in [1.82, 2.24) is 0 Å². The van der Waals surface area contributed by atoms with Crippen molar-refractivity contribution in [3.8, 4) is 0 Å². The Balaban J connectivity index is 3.33. The molecule has 0 heterocycles. The van der Waals surface area contributed by atoms with Gasteiger partial charge in [-0.25, -0.2) is 4.79 Å². The largest absolute Gasteiger partial charge is 0.462 e. The van der Waals surface area contributed by atoms with Crippen LogP contribution in [0.4, 0.5) is 0 Å². The Hall–Kier alpha value is -0.940. The van der Waals surface area contributed by atoms with Crippen molar-refractivity contribution >= 4 is 35.6 Å². The molecule has 122 valence electrons. The van der Waals surface area contributed by atoms with Gasteiger partial charge >= 0.3 is 13.6 Å². The van der Waals surface area contributed by atoms with E-state index in [4.69, 9.17) is 13.8 Å². The van der Waals surface area contributed by atoms with Crippen LogP contribution in [0.5, 0.6) is 0 Å². The Morgan fingerprint density at radius 2 is 1.82 bits per heavy atom. The van der Waals surface area contributed by atoms with Gasteiger partial charge in [-0.15, -0.1) is 0 Å². The van der Waals surface area contributed by atoms with E-state index < -0.39 is 13.6 Å². The first-order valence-electron chi connectivity index (χ1n) is 7.00. The van der Waals surface area contributed by atoms with Gasteiger partial charge in [-0.05, 0) is 44.5 Å². The number of rotatable bonds is 8. The van der Waals surface area contributed by atoms with Crippen molar-refractivity contribution in [2.24, 2.45) is 0 Å². The second-order valence-electron chi connectivity index (χ2n) is 4.14. The van der Waals surface area contributed by atoms with Gasteiger partial charge in [0.2, 0.25) is 0 Å². The molecular formula is C15H20BrO5P. The molecule has 0 aliphatic rings. The zero-order valence-corrected chi connectivity index (χ0v) is 15.4. The highest BCUT2D eigenvalue weighted by Crippen LogP contribution is 2.57. The average Bonchev–Trinajstić information content (AvgIpc) is 2.45. The fraction of sp³-hybridized carbons (Fsp3) is 0.400. The first-order valence-corrected chi connectivity index (χ1v) is 9.34. The number of ether oxygens (including phenoxy) is 1. The lowest BCUT2D eigenvalue weighted by Gasteiger charge is -2.19. The van der Waals surface area contributed by atoms with Crippen LogP contribution in [0.2, 0.25) is 0 Å². The third kappa shape index (κ3) is 5.36. The monoisotopic (exact) mass is 390 g/mol. The lowest BCUT2D eigenvalue weighted by Crippen LogP contribution is -2.11. The molecule has 1 aromatic carbocycles. The molecule has 7 heteroatoms. The quantitative estimate of drug-likeness (QED) is 0.368. The van der Waals surface area contributed by atoms with Crippen molar-refractivity contribution in [1.29, 1.82) is 0 Å². The van der Waals surface area contributed by atoms with Crippen LogP contribution in [-0.4, -0.2) is 25.8 Å². The summed E-state index contributed by atoms with van der Waals surface area (Å²) in [4.78, 5) is 12.2. The van der Waals surface area contributed by atoms with E-state index in [1.165, 1.54) is 6.08 Å². The van der Waals surface area contributed by atoms with Gasteiger partial charge < -0.3 is 13.8 Å². The van der Waals surface area contributed by atoms with Gasteiger partial charge in [0.05, 0.1) is 19.8 Å². The van der Waals surface area contributed by atoms with Crippen molar-refractivity contribution in [2.45, 2.75) is 20.8 Å². The number of hydrogen-bond acceptors (Lipinski definition) is 5. The Morgan fingerprint density at radius 1 is 1.18 bits per heavy atom. The number of esters is 1. The van der Waals surface area contributed by atoms with Gasteiger partial charge in [0, 0.05) is 4.47 Å². The van der Waals surface area contributed by atoms with Crippen LogP contribution in [0, 0.1) is 0 Å². The number of carbonyl (C=O) groups is 1. The second-order valence-corrected chi connectivity index (χ2v) is 7.05. The predicted molar refractivity (Wildman–Crippen MR) is 89.6 cm³/mol. The molecule has 0 aromatic heterocycles. The molecule has 0 bridgehead atoms. The Kier molecular flexibility index (Phi) is 8.04. The van der Waals surface area contributed by atoms with Gasteiger partial charge in [0.1, 0.15) is 5.31 Å². The van der Waals surface area contributed by atoms with Crippen LogP contribution in [0.25, 0.3) is 6.08 Å². The molecule has 0 fully saturated rings. The van der Waals surface area contributed by atoms with Crippen molar-refractivity contribution in [3.05, 3.63) is 39.6 Å². The molecule has 0 N–H and O–H groups in total. The lowest BCUT2D eigenvalue weighted by molar-refractivity contribution is -0.137. The fourth-order valence-corrected chi connectivity index (χ4v) is 3.77. The molecule has 0 radical (unpaired) electrons. The molecule has 0 saturated heterocycles. The molecule has 0 unspecified atom stereocenters. The minimum absolute atomic E-state index is 0.101. The van der Waals surface area contributed by atoms with Gasteiger partial charge in [-0.2, -0.15) is 0 Å². The standard InChI is InChI=1S/C15H20BrO5P/c1-4-19-15(17)14(22(18,20-5-2)21-6-3)11-12-8-7-9-13(16)10-12/h7-11H,4-6H2,1-3H3/b14-11+. The number of hydrogen-bond donors (Lipinski definition) is 0. The molecule has 0 atom stereocenters. The van der Waals surface area contributed by atoms with E-state index >= 15 is 0 Å². The maximum Gasteiger partial charge on any atom is 0.368 e. The molecule has 0 aliphatic carbocycles. The first-order chi connectivity index (χ1) is 10.5. The second kappa shape index (κ2) is 9.26. The van der Waals surface area contributed by atoms with E-state index in [1.807, 2.05) is 12.1 Å². The van der Waals surface area contributed by atoms with Crippen LogP contribution in [0.15, 0.2) is 34.1 Å². The summed E-state index contributed by atoms with van der Waals surface area (Å²) in [7, 11) is -3.72. The van der Waals surface area contributed by atoms with Crippen LogP contribution >= 0.6 is 23.5 Å². The smallest absolute Gasteiger partial charge is 0.368 e. The van der Waals surface area contributed by atoms with E-state index in [0.29, 0.717) is 5.56 Å². The zero-order chi connectivity index (χ0) is 16.6. The molecule has 1 aromatic rings. The van der Waals surface area contributed by atoms with Crippen LogP contribution < -0.4 is 0 Å². The van der Waals surface area contributed by atoms with Crippen molar-refractivity contribution in [2.75, 3.05) is 19.8 Å².